The van der Waals surface area contributed by atoms with Crippen LogP contribution in [0.4, 0.5) is 17.1 Å². The number of hydrogen-bond donors (Lipinski definition) is 3. The molecule has 2 amide bonds. The van der Waals surface area contributed by atoms with E-state index in [2.05, 4.69) is 15.4 Å². The third-order valence-corrected chi connectivity index (χ3v) is 6.24. The number of nitrogens with one attached hydrogen (secondary N) is 3. The van der Waals surface area contributed by atoms with Crippen LogP contribution in [0.2, 0.25) is 0 Å². The highest BCUT2D eigenvalue weighted by Gasteiger charge is 2.29. The molecule has 3 rings (SSSR count). The van der Waals surface area contributed by atoms with Gasteiger partial charge in [0.2, 0.25) is 15.9 Å². The van der Waals surface area contributed by atoms with Crippen molar-refractivity contribution in [1.29, 1.82) is 0 Å². The molecule has 0 saturated heterocycles. The third-order valence-electron chi connectivity index (χ3n) is 4.77. The van der Waals surface area contributed by atoms with Crippen LogP contribution in [0, 0.1) is 12.8 Å². The van der Waals surface area contributed by atoms with Crippen LogP contribution in [0.3, 0.4) is 0 Å². The summed E-state index contributed by atoms with van der Waals surface area (Å²) in [6.07, 6.45) is 2.35. The minimum atomic E-state index is -3.43. The van der Waals surface area contributed by atoms with Crippen LogP contribution in [-0.4, -0.2) is 32.6 Å². The second-order valence-corrected chi connectivity index (χ2v) is 9.37. The molecule has 0 aliphatic heterocycles. The Kier molecular flexibility index (Phi) is 7.17. The van der Waals surface area contributed by atoms with Gasteiger partial charge in [0.25, 0.3) is 5.91 Å². The first-order chi connectivity index (χ1) is 14.8. The Hall–Kier alpha value is -3.07. The van der Waals surface area contributed by atoms with E-state index in [9.17, 15) is 18.0 Å². The molecule has 3 N–H and O–H groups in total. The Morgan fingerprint density at radius 1 is 1.06 bits per heavy atom. The van der Waals surface area contributed by atoms with Crippen molar-refractivity contribution in [2.75, 3.05) is 27.7 Å². The van der Waals surface area contributed by atoms with Gasteiger partial charge in [0.05, 0.1) is 11.4 Å². The lowest BCUT2D eigenvalue weighted by Crippen LogP contribution is -2.21. The van der Waals surface area contributed by atoms with E-state index in [1.165, 1.54) is 0 Å². The molecular weight excluding hydrogens is 418 g/mol. The highest BCUT2D eigenvalue weighted by atomic mass is 32.2. The van der Waals surface area contributed by atoms with Gasteiger partial charge in [-0.2, -0.15) is 0 Å². The number of carbonyl (C=O) groups excluding carboxylic acids is 2. The van der Waals surface area contributed by atoms with Crippen LogP contribution in [0.25, 0.3) is 0 Å². The zero-order valence-corrected chi connectivity index (χ0v) is 18.4. The van der Waals surface area contributed by atoms with Gasteiger partial charge < -0.3 is 15.4 Å². The zero-order chi connectivity index (χ0) is 22.4. The number of carbonyl (C=O) groups is 2. The predicted octanol–water partition coefficient (Wildman–Crippen LogP) is 3.51. The monoisotopic (exact) mass is 445 g/mol. The van der Waals surface area contributed by atoms with Crippen LogP contribution < -0.4 is 20.1 Å². The number of benzene rings is 2. The fourth-order valence-electron chi connectivity index (χ4n) is 2.96. The smallest absolute Gasteiger partial charge is 0.262 e. The van der Waals surface area contributed by atoms with Crippen molar-refractivity contribution in [3.05, 3.63) is 48.0 Å². The summed E-state index contributed by atoms with van der Waals surface area (Å²) in [6.45, 7) is 3.29. The molecule has 1 aliphatic carbocycles. The molecule has 8 nitrogen and oxygen atoms in total. The van der Waals surface area contributed by atoms with Gasteiger partial charge in [-0.1, -0.05) is 19.1 Å². The Balaban J connectivity index is 1.57. The Bertz CT molecular complexity index is 1060. The summed E-state index contributed by atoms with van der Waals surface area (Å²) in [7, 11) is -3.43. The summed E-state index contributed by atoms with van der Waals surface area (Å²) in [6, 6.07) is 11.9. The van der Waals surface area contributed by atoms with E-state index in [-0.39, 0.29) is 30.1 Å². The van der Waals surface area contributed by atoms with E-state index in [0.717, 1.165) is 12.8 Å². The van der Waals surface area contributed by atoms with Crippen molar-refractivity contribution in [2.24, 2.45) is 5.92 Å². The number of rotatable bonds is 10. The Labute approximate surface area is 182 Å². The number of sulfonamides is 1. The second-order valence-electron chi connectivity index (χ2n) is 7.53. The maximum atomic E-state index is 12.4. The first kappa shape index (κ1) is 22.6. The summed E-state index contributed by atoms with van der Waals surface area (Å²) in [4.78, 5) is 24.2. The lowest BCUT2D eigenvalue weighted by Gasteiger charge is -2.14. The van der Waals surface area contributed by atoms with Crippen molar-refractivity contribution in [3.8, 4) is 5.75 Å². The van der Waals surface area contributed by atoms with Gasteiger partial charge in [-0.05, 0) is 56.0 Å². The lowest BCUT2D eigenvalue weighted by atomic mass is 10.1. The molecule has 1 saturated carbocycles. The second kappa shape index (κ2) is 9.82. The standard InChI is InChI=1S/C22H27N3O5S/c1-3-12-31(28,29)25-20-9-5-8-19(15(20)2)24-21(26)14-30-18-7-4-6-17(13-18)23-22(27)16-10-11-16/h4-9,13,16,25H,3,10-12,14H2,1-2H3,(H,23,27)(H,24,26). The predicted molar refractivity (Wildman–Crippen MR) is 121 cm³/mol. The van der Waals surface area contributed by atoms with E-state index in [1.807, 2.05) is 0 Å². The van der Waals surface area contributed by atoms with E-state index >= 15 is 0 Å². The van der Waals surface area contributed by atoms with Crippen LogP contribution in [0.1, 0.15) is 31.7 Å². The highest BCUT2D eigenvalue weighted by Crippen LogP contribution is 2.30. The molecule has 0 heterocycles. The summed E-state index contributed by atoms with van der Waals surface area (Å²) >= 11 is 0. The summed E-state index contributed by atoms with van der Waals surface area (Å²) in [5.74, 6) is 0.197. The van der Waals surface area contributed by atoms with Crippen LogP contribution >= 0.6 is 0 Å². The molecular formula is C22H27N3O5S. The molecule has 9 heteroatoms. The van der Waals surface area contributed by atoms with Gasteiger partial charge in [0, 0.05) is 23.4 Å². The van der Waals surface area contributed by atoms with Crippen molar-refractivity contribution < 1.29 is 22.7 Å². The quantitative estimate of drug-likeness (QED) is 0.518. The maximum absolute atomic E-state index is 12.4. The molecule has 1 fully saturated rings. The first-order valence-electron chi connectivity index (χ1n) is 10.2. The Morgan fingerprint density at radius 2 is 1.77 bits per heavy atom. The topological polar surface area (TPSA) is 114 Å². The summed E-state index contributed by atoms with van der Waals surface area (Å²) < 4.78 is 32.2. The molecule has 166 valence electrons. The van der Waals surface area contributed by atoms with Gasteiger partial charge in [0.1, 0.15) is 5.75 Å². The number of ether oxygens (including phenoxy) is 1. The SMILES string of the molecule is CCCS(=O)(=O)Nc1cccc(NC(=O)COc2cccc(NC(=O)C3CC3)c2)c1C. The van der Waals surface area contributed by atoms with E-state index in [4.69, 9.17) is 4.74 Å². The number of hydrogen-bond acceptors (Lipinski definition) is 5. The molecule has 31 heavy (non-hydrogen) atoms. The van der Waals surface area contributed by atoms with Gasteiger partial charge in [-0.15, -0.1) is 0 Å². The fourth-order valence-corrected chi connectivity index (χ4v) is 4.15. The third kappa shape index (κ3) is 6.71. The van der Waals surface area contributed by atoms with Crippen molar-refractivity contribution >= 4 is 38.9 Å². The largest absolute Gasteiger partial charge is 0.484 e. The average molecular weight is 446 g/mol. The van der Waals surface area contributed by atoms with Crippen LogP contribution in [-0.2, 0) is 19.6 Å². The number of amides is 2. The molecule has 0 atom stereocenters. The molecule has 0 radical (unpaired) electrons. The van der Waals surface area contributed by atoms with Gasteiger partial charge >= 0.3 is 0 Å². The molecule has 2 aromatic carbocycles. The molecule has 1 aliphatic rings. The summed E-state index contributed by atoms with van der Waals surface area (Å²) in [5.41, 5.74) is 2.15. The molecule has 2 aromatic rings. The molecule has 0 aromatic heterocycles. The maximum Gasteiger partial charge on any atom is 0.262 e. The minimum Gasteiger partial charge on any atom is -0.484 e. The van der Waals surface area contributed by atoms with Crippen LogP contribution in [0.5, 0.6) is 5.75 Å². The van der Waals surface area contributed by atoms with Crippen LogP contribution in [0.15, 0.2) is 42.5 Å². The van der Waals surface area contributed by atoms with Gasteiger partial charge in [-0.3, -0.25) is 14.3 Å². The van der Waals surface area contributed by atoms with Gasteiger partial charge in [-0.25, -0.2) is 8.42 Å². The molecule has 0 spiro atoms. The molecule has 0 unspecified atom stereocenters. The van der Waals surface area contributed by atoms with Crippen molar-refractivity contribution in [2.45, 2.75) is 33.1 Å². The van der Waals surface area contributed by atoms with E-state index in [1.54, 1.807) is 56.3 Å². The average Bonchev–Trinajstić information content (AvgIpc) is 3.55. The van der Waals surface area contributed by atoms with E-state index < -0.39 is 10.0 Å². The van der Waals surface area contributed by atoms with E-state index in [0.29, 0.717) is 34.8 Å². The normalized spacial score (nSPS) is 13.4. The van der Waals surface area contributed by atoms with Crippen molar-refractivity contribution in [3.63, 3.8) is 0 Å². The fraction of sp³-hybridized carbons (Fsp3) is 0.364. The first-order valence-corrected chi connectivity index (χ1v) is 11.9. The van der Waals surface area contributed by atoms with Crippen molar-refractivity contribution in [1.82, 2.24) is 0 Å². The zero-order valence-electron chi connectivity index (χ0n) is 17.6. The highest BCUT2D eigenvalue weighted by molar-refractivity contribution is 7.92. The summed E-state index contributed by atoms with van der Waals surface area (Å²) in [5, 5.41) is 5.58. The molecule has 0 bridgehead atoms. The Morgan fingerprint density at radius 3 is 2.48 bits per heavy atom. The number of anilines is 3. The van der Waals surface area contributed by atoms with Gasteiger partial charge in [0.15, 0.2) is 6.61 Å². The minimum absolute atomic E-state index is 0.000175. The lowest BCUT2D eigenvalue weighted by molar-refractivity contribution is -0.118.